The molecule has 1 atom stereocenters. The molecule has 0 saturated heterocycles. The molecule has 0 aliphatic heterocycles. The Balaban J connectivity index is 1.47. The number of aryl methyl sites for hydroxylation is 1. The molecule has 0 bridgehead atoms. The minimum absolute atomic E-state index is 0.0372. The van der Waals surface area contributed by atoms with Crippen molar-refractivity contribution in [2.45, 2.75) is 26.1 Å². The van der Waals surface area contributed by atoms with Gasteiger partial charge in [0.25, 0.3) is 5.91 Å². The van der Waals surface area contributed by atoms with Crippen LogP contribution in [0.2, 0.25) is 0 Å². The highest BCUT2D eigenvalue weighted by atomic mass is 19.4. The van der Waals surface area contributed by atoms with Crippen molar-refractivity contribution in [1.29, 1.82) is 0 Å². The van der Waals surface area contributed by atoms with Crippen LogP contribution < -0.4 is 10.6 Å². The Hall–Kier alpha value is -4.02. The first-order valence-electron chi connectivity index (χ1n) is 9.58. The number of rotatable bonds is 5. The fourth-order valence-corrected chi connectivity index (χ4v) is 3.19. The Morgan fingerprint density at radius 2 is 1.94 bits per heavy atom. The van der Waals surface area contributed by atoms with Crippen molar-refractivity contribution >= 4 is 28.6 Å². The lowest BCUT2D eigenvalue weighted by atomic mass is 10.1. The van der Waals surface area contributed by atoms with Gasteiger partial charge in [0.1, 0.15) is 17.0 Å². The average molecular weight is 441 g/mol. The van der Waals surface area contributed by atoms with E-state index in [1.807, 2.05) is 13.0 Å². The fraction of sp³-hybridized carbons (Fsp3) is 0.190. The summed E-state index contributed by atoms with van der Waals surface area (Å²) in [6.45, 7) is 3.19. The third-order valence-corrected chi connectivity index (χ3v) is 4.78. The van der Waals surface area contributed by atoms with Gasteiger partial charge >= 0.3 is 6.18 Å². The molecule has 4 aromatic rings. The molecule has 0 aliphatic carbocycles. The Labute approximate surface area is 180 Å². The van der Waals surface area contributed by atoms with Crippen LogP contribution in [-0.4, -0.2) is 31.1 Å². The minimum Gasteiger partial charge on any atom is -0.362 e. The minimum atomic E-state index is -4.57. The molecule has 0 aliphatic rings. The third-order valence-electron chi connectivity index (χ3n) is 4.78. The number of alkyl halides is 3. The number of amides is 1. The van der Waals surface area contributed by atoms with Gasteiger partial charge in [0, 0.05) is 11.9 Å². The highest BCUT2D eigenvalue weighted by Gasteiger charge is 2.34. The lowest BCUT2D eigenvalue weighted by Gasteiger charge is -2.16. The van der Waals surface area contributed by atoms with Crippen LogP contribution in [0.5, 0.6) is 0 Å². The van der Waals surface area contributed by atoms with E-state index in [4.69, 9.17) is 0 Å². The van der Waals surface area contributed by atoms with Gasteiger partial charge in [-0.05, 0) is 43.2 Å². The summed E-state index contributed by atoms with van der Waals surface area (Å²) in [6, 6.07) is 8.10. The van der Waals surface area contributed by atoms with E-state index in [1.54, 1.807) is 30.6 Å². The predicted octanol–water partition coefficient (Wildman–Crippen LogP) is 4.50. The molecule has 1 amide bonds. The Bertz CT molecular complexity index is 1290. The van der Waals surface area contributed by atoms with Crippen molar-refractivity contribution in [2.24, 2.45) is 0 Å². The summed E-state index contributed by atoms with van der Waals surface area (Å²) in [5, 5.41) is 12.6. The van der Waals surface area contributed by atoms with E-state index in [-0.39, 0.29) is 17.2 Å². The zero-order valence-electron chi connectivity index (χ0n) is 17.0. The van der Waals surface area contributed by atoms with Gasteiger partial charge in [-0.3, -0.25) is 14.9 Å². The second kappa shape index (κ2) is 8.25. The standard InChI is InChI=1S/C21H18F3N7O/c1-11-6-14(8-26-18(11)21(22,23)24)20(32)29-15-5-3-4-13(7-15)12(2)28-17-10-25-16-9-27-31-19(16)30-17/h3-10,12H,1-2H3,(H,29,32)(H2,27,28,30,31)/t12-/m0/s1. The molecule has 164 valence electrons. The lowest BCUT2D eigenvalue weighted by Crippen LogP contribution is -2.16. The summed E-state index contributed by atoms with van der Waals surface area (Å²) in [6.07, 6.45) is -0.471. The number of pyridine rings is 1. The van der Waals surface area contributed by atoms with E-state index in [1.165, 1.54) is 13.0 Å². The van der Waals surface area contributed by atoms with Crippen LogP contribution in [0, 0.1) is 6.92 Å². The number of hydrogen-bond donors (Lipinski definition) is 3. The van der Waals surface area contributed by atoms with E-state index >= 15 is 0 Å². The van der Waals surface area contributed by atoms with Crippen LogP contribution in [0.3, 0.4) is 0 Å². The fourth-order valence-electron chi connectivity index (χ4n) is 3.19. The second-order valence-corrected chi connectivity index (χ2v) is 7.19. The molecule has 0 fully saturated rings. The molecule has 11 heteroatoms. The zero-order valence-corrected chi connectivity index (χ0v) is 17.0. The summed E-state index contributed by atoms with van der Waals surface area (Å²) in [4.78, 5) is 24.6. The molecule has 4 rings (SSSR count). The number of carbonyl (C=O) groups excluding carboxylic acids is 1. The van der Waals surface area contributed by atoms with Gasteiger partial charge in [0.2, 0.25) is 0 Å². The molecule has 0 unspecified atom stereocenters. The molecular weight excluding hydrogens is 423 g/mol. The number of carbonyl (C=O) groups is 1. The van der Waals surface area contributed by atoms with Gasteiger partial charge in [-0.1, -0.05) is 12.1 Å². The second-order valence-electron chi connectivity index (χ2n) is 7.19. The van der Waals surface area contributed by atoms with Crippen molar-refractivity contribution in [3.8, 4) is 0 Å². The smallest absolute Gasteiger partial charge is 0.362 e. The number of H-pyrrole nitrogens is 1. The molecule has 0 saturated carbocycles. The summed E-state index contributed by atoms with van der Waals surface area (Å²) < 4.78 is 38.6. The molecule has 0 radical (unpaired) electrons. The van der Waals surface area contributed by atoms with Crippen LogP contribution in [-0.2, 0) is 6.18 Å². The number of nitrogens with one attached hydrogen (secondary N) is 3. The van der Waals surface area contributed by atoms with Crippen molar-refractivity contribution < 1.29 is 18.0 Å². The van der Waals surface area contributed by atoms with Gasteiger partial charge in [-0.2, -0.15) is 18.3 Å². The van der Waals surface area contributed by atoms with E-state index in [2.05, 4.69) is 35.8 Å². The summed E-state index contributed by atoms with van der Waals surface area (Å²) in [5.41, 5.74) is 1.48. The van der Waals surface area contributed by atoms with Gasteiger partial charge in [-0.15, -0.1) is 0 Å². The maximum absolute atomic E-state index is 12.9. The molecule has 0 spiro atoms. The highest BCUT2D eigenvalue weighted by Crippen LogP contribution is 2.30. The average Bonchev–Trinajstić information content (AvgIpc) is 3.21. The zero-order chi connectivity index (χ0) is 22.9. The maximum atomic E-state index is 12.9. The van der Waals surface area contributed by atoms with Crippen LogP contribution in [0.25, 0.3) is 11.2 Å². The molecular formula is C21H18F3N7O. The van der Waals surface area contributed by atoms with E-state index in [0.717, 1.165) is 11.8 Å². The summed E-state index contributed by atoms with van der Waals surface area (Å²) in [5.74, 6) is -0.00218. The Kier molecular flexibility index (Phi) is 5.47. The van der Waals surface area contributed by atoms with Gasteiger partial charge < -0.3 is 10.6 Å². The molecule has 8 nitrogen and oxygen atoms in total. The molecule has 3 N–H and O–H groups in total. The molecule has 3 aromatic heterocycles. The molecule has 1 aromatic carbocycles. The van der Waals surface area contributed by atoms with Crippen molar-refractivity contribution in [3.63, 3.8) is 0 Å². The number of halogens is 3. The van der Waals surface area contributed by atoms with Crippen LogP contribution in [0.15, 0.2) is 48.9 Å². The van der Waals surface area contributed by atoms with Crippen molar-refractivity contribution in [2.75, 3.05) is 10.6 Å². The molecule has 32 heavy (non-hydrogen) atoms. The third kappa shape index (κ3) is 4.51. The Morgan fingerprint density at radius 1 is 1.12 bits per heavy atom. The predicted molar refractivity (Wildman–Crippen MR) is 112 cm³/mol. The SMILES string of the molecule is Cc1cc(C(=O)Nc2cccc([C@H](C)Nc3cnc4cn[nH]c4n3)c2)cnc1C(F)(F)F. The van der Waals surface area contributed by atoms with E-state index in [0.29, 0.717) is 22.7 Å². The number of fused-ring (bicyclic) bond motifs is 1. The molecule has 3 heterocycles. The van der Waals surface area contributed by atoms with Gasteiger partial charge in [0.05, 0.1) is 24.0 Å². The first-order valence-corrected chi connectivity index (χ1v) is 9.58. The Morgan fingerprint density at radius 3 is 2.69 bits per heavy atom. The summed E-state index contributed by atoms with van der Waals surface area (Å²) in [7, 11) is 0. The number of benzene rings is 1. The topological polar surface area (TPSA) is 108 Å². The van der Waals surface area contributed by atoms with Crippen molar-refractivity contribution in [1.82, 2.24) is 25.1 Å². The van der Waals surface area contributed by atoms with Crippen LogP contribution in [0.4, 0.5) is 24.7 Å². The number of aromatic amines is 1. The first-order chi connectivity index (χ1) is 15.2. The van der Waals surface area contributed by atoms with Crippen LogP contribution >= 0.6 is 0 Å². The first kappa shape index (κ1) is 21.2. The number of anilines is 2. The largest absolute Gasteiger partial charge is 0.433 e. The maximum Gasteiger partial charge on any atom is 0.433 e. The van der Waals surface area contributed by atoms with Gasteiger partial charge in [-0.25, -0.2) is 9.97 Å². The lowest BCUT2D eigenvalue weighted by molar-refractivity contribution is -0.141. The summed E-state index contributed by atoms with van der Waals surface area (Å²) >= 11 is 0. The normalized spacial score (nSPS) is 12.5. The van der Waals surface area contributed by atoms with Gasteiger partial charge in [0.15, 0.2) is 5.65 Å². The monoisotopic (exact) mass is 441 g/mol. The number of nitrogens with zero attached hydrogens (tertiary/aromatic N) is 4. The van der Waals surface area contributed by atoms with Crippen molar-refractivity contribution in [3.05, 3.63) is 71.3 Å². The quantitative estimate of drug-likeness (QED) is 0.421. The van der Waals surface area contributed by atoms with E-state index in [9.17, 15) is 18.0 Å². The van der Waals surface area contributed by atoms with Crippen LogP contribution in [0.1, 0.15) is 40.1 Å². The van der Waals surface area contributed by atoms with E-state index < -0.39 is 17.8 Å². The number of aromatic nitrogens is 5. The highest BCUT2D eigenvalue weighted by molar-refractivity contribution is 6.04. The number of hydrogen-bond acceptors (Lipinski definition) is 6.